The number of hydrogen-bond acceptors (Lipinski definition) is 7. The fraction of sp³-hybridized carbons (Fsp3) is 0.318. The molecule has 0 bridgehead atoms. The number of hydrogen-bond donors (Lipinski definition) is 1. The molecule has 0 aliphatic heterocycles. The topological polar surface area (TPSA) is 115 Å². The molecule has 9 nitrogen and oxygen atoms in total. The summed E-state index contributed by atoms with van der Waals surface area (Å²) in [5, 5.41) is 10.3. The highest BCUT2D eigenvalue weighted by atomic mass is 32.2. The number of methoxy groups -OCH3 is 1. The number of nitrogens with one attached hydrogen (secondary N) is 1. The molecule has 1 heterocycles. The molecule has 0 atom stereocenters. The molecule has 0 fully saturated rings. The number of amides is 1. The molecule has 10 heteroatoms. The summed E-state index contributed by atoms with van der Waals surface area (Å²) in [6, 6.07) is 12.8. The van der Waals surface area contributed by atoms with E-state index >= 15 is 0 Å². The Morgan fingerprint density at radius 1 is 1.12 bits per heavy atom. The van der Waals surface area contributed by atoms with E-state index in [1.807, 2.05) is 6.92 Å². The van der Waals surface area contributed by atoms with E-state index in [1.54, 1.807) is 38.3 Å². The molecule has 1 N–H and O–H groups in total. The molecule has 0 aliphatic carbocycles. The number of aromatic nitrogens is 2. The quantitative estimate of drug-likeness (QED) is 0.491. The second-order valence-electron chi connectivity index (χ2n) is 6.97. The average molecular weight is 459 g/mol. The zero-order chi connectivity index (χ0) is 23.1. The average Bonchev–Trinajstić information content (AvgIpc) is 3.28. The highest BCUT2D eigenvalue weighted by molar-refractivity contribution is 7.89. The molecular weight excluding hydrogens is 432 g/mol. The number of nitrogens with zero attached hydrogens (tertiary/aromatic N) is 3. The second kappa shape index (κ2) is 10.4. The minimum Gasteiger partial charge on any atom is -0.497 e. The zero-order valence-electron chi connectivity index (χ0n) is 18.2. The summed E-state index contributed by atoms with van der Waals surface area (Å²) in [6.45, 7) is 4.66. The van der Waals surface area contributed by atoms with Gasteiger partial charge in [0.1, 0.15) is 5.75 Å². The summed E-state index contributed by atoms with van der Waals surface area (Å²) in [5.74, 6) is 0.373. The molecule has 1 aromatic heterocycles. The van der Waals surface area contributed by atoms with Crippen LogP contribution in [0.3, 0.4) is 0 Å². The fourth-order valence-corrected chi connectivity index (χ4v) is 4.51. The van der Waals surface area contributed by atoms with Crippen molar-refractivity contribution >= 4 is 21.9 Å². The first kappa shape index (κ1) is 23.4. The molecule has 0 spiro atoms. The zero-order valence-corrected chi connectivity index (χ0v) is 19.1. The molecule has 3 aromatic rings. The van der Waals surface area contributed by atoms with Crippen LogP contribution in [0.1, 0.15) is 37.0 Å². The number of carbonyl (C=O) groups excluding carboxylic acids is 1. The first-order valence-corrected chi connectivity index (χ1v) is 11.7. The third-order valence-corrected chi connectivity index (χ3v) is 6.82. The van der Waals surface area contributed by atoms with Crippen LogP contribution in [0.15, 0.2) is 57.8 Å². The van der Waals surface area contributed by atoms with Gasteiger partial charge in [-0.15, -0.1) is 5.10 Å². The van der Waals surface area contributed by atoms with Crippen molar-refractivity contribution in [3.8, 4) is 17.2 Å². The van der Waals surface area contributed by atoms with Crippen molar-refractivity contribution in [1.29, 1.82) is 0 Å². The Kier molecular flexibility index (Phi) is 7.60. The summed E-state index contributed by atoms with van der Waals surface area (Å²) in [5.41, 5.74) is 0.914. The molecular formula is C22H26N4O5S. The summed E-state index contributed by atoms with van der Waals surface area (Å²) in [4.78, 5) is 12.7. The third kappa shape index (κ3) is 5.32. The van der Waals surface area contributed by atoms with Crippen molar-refractivity contribution in [3.63, 3.8) is 0 Å². The van der Waals surface area contributed by atoms with Crippen LogP contribution in [0.2, 0.25) is 0 Å². The van der Waals surface area contributed by atoms with Gasteiger partial charge in [-0.3, -0.25) is 10.1 Å². The van der Waals surface area contributed by atoms with E-state index in [2.05, 4.69) is 15.5 Å². The van der Waals surface area contributed by atoms with Gasteiger partial charge in [0, 0.05) is 24.2 Å². The van der Waals surface area contributed by atoms with Gasteiger partial charge < -0.3 is 9.15 Å². The maximum absolute atomic E-state index is 12.8. The molecule has 0 aliphatic rings. The van der Waals surface area contributed by atoms with E-state index in [4.69, 9.17) is 9.15 Å². The van der Waals surface area contributed by atoms with Gasteiger partial charge in [-0.05, 0) is 48.9 Å². The van der Waals surface area contributed by atoms with Crippen molar-refractivity contribution in [2.45, 2.75) is 31.6 Å². The first-order chi connectivity index (χ1) is 15.4. The van der Waals surface area contributed by atoms with Gasteiger partial charge in [0.15, 0.2) is 0 Å². The van der Waals surface area contributed by atoms with Gasteiger partial charge in [0.05, 0.1) is 12.0 Å². The van der Waals surface area contributed by atoms with Crippen LogP contribution in [-0.4, -0.2) is 49.0 Å². The van der Waals surface area contributed by atoms with E-state index in [0.717, 1.165) is 12.8 Å². The van der Waals surface area contributed by atoms with Crippen LogP contribution in [0.5, 0.6) is 5.75 Å². The number of rotatable bonds is 10. The number of benzene rings is 2. The van der Waals surface area contributed by atoms with Gasteiger partial charge in [-0.1, -0.05) is 31.4 Å². The van der Waals surface area contributed by atoms with Crippen LogP contribution in [0.25, 0.3) is 11.5 Å². The Bertz CT molecular complexity index is 1160. The third-order valence-electron chi connectivity index (χ3n) is 4.83. The number of carbonyl (C=O) groups is 1. The number of ether oxygens (including phenoxy) is 1. The van der Waals surface area contributed by atoms with Crippen LogP contribution in [-0.2, 0) is 10.0 Å². The van der Waals surface area contributed by atoms with E-state index < -0.39 is 15.9 Å². The predicted octanol–water partition coefficient (Wildman–Crippen LogP) is 3.81. The molecule has 170 valence electrons. The summed E-state index contributed by atoms with van der Waals surface area (Å²) in [7, 11) is -2.05. The summed E-state index contributed by atoms with van der Waals surface area (Å²) in [6.07, 6.45) is 1.69. The fourth-order valence-electron chi connectivity index (χ4n) is 3.03. The summed E-state index contributed by atoms with van der Waals surface area (Å²) < 4.78 is 37.7. The SMILES string of the molecule is CCCCN(CC)S(=O)(=O)c1ccc(C(=O)Nc2nnc(-c3cccc(OC)c3)o2)cc1. The molecule has 0 saturated carbocycles. The van der Waals surface area contributed by atoms with Crippen LogP contribution >= 0.6 is 0 Å². The van der Waals surface area contributed by atoms with Crippen molar-refractivity contribution < 1.29 is 22.4 Å². The Labute approximate surface area is 187 Å². The van der Waals surface area contributed by atoms with Crippen LogP contribution in [0, 0.1) is 0 Å². The normalized spacial score (nSPS) is 11.5. The van der Waals surface area contributed by atoms with Gasteiger partial charge in [-0.25, -0.2) is 8.42 Å². The van der Waals surface area contributed by atoms with Crippen molar-refractivity contribution in [3.05, 3.63) is 54.1 Å². The second-order valence-corrected chi connectivity index (χ2v) is 8.91. The van der Waals surface area contributed by atoms with Crippen molar-refractivity contribution in [2.75, 3.05) is 25.5 Å². The molecule has 0 saturated heterocycles. The van der Waals surface area contributed by atoms with Gasteiger partial charge in [-0.2, -0.15) is 4.31 Å². The van der Waals surface area contributed by atoms with Gasteiger partial charge in [0.25, 0.3) is 5.91 Å². The number of unbranched alkanes of at least 4 members (excludes halogenated alkanes) is 1. The lowest BCUT2D eigenvalue weighted by molar-refractivity contribution is 0.102. The molecule has 2 aromatic carbocycles. The lowest BCUT2D eigenvalue weighted by Gasteiger charge is -2.20. The Hall–Kier alpha value is -3.24. The van der Waals surface area contributed by atoms with E-state index in [9.17, 15) is 13.2 Å². The standard InChI is InChI=1S/C22H26N4O5S/c1-4-6-14-26(5-2)32(28,29)19-12-10-16(11-13-19)20(27)23-22-25-24-21(31-22)17-8-7-9-18(15-17)30-3/h7-13,15H,4-6,14H2,1-3H3,(H,23,25,27). The maximum Gasteiger partial charge on any atom is 0.322 e. The van der Waals surface area contributed by atoms with Crippen molar-refractivity contribution in [1.82, 2.24) is 14.5 Å². The van der Waals surface area contributed by atoms with E-state index in [1.165, 1.54) is 28.6 Å². The van der Waals surface area contributed by atoms with Crippen molar-refractivity contribution in [2.24, 2.45) is 0 Å². The Balaban J connectivity index is 1.71. The maximum atomic E-state index is 12.8. The Morgan fingerprint density at radius 2 is 1.88 bits per heavy atom. The largest absolute Gasteiger partial charge is 0.497 e. The highest BCUT2D eigenvalue weighted by Gasteiger charge is 2.23. The lowest BCUT2D eigenvalue weighted by atomic mass is 10.2. The monoisotopic (exact) mass is 458 g/mol. The summed E-state index contributed by atoms with van der Waals surface area (Å²) >= 11 is 0. The van der Waals surface area contributed by atoms with Crippen LogP contribution in [0.4, 0.5) is 6.01 Å². The molecule has 32 heavy (non-hydrogen) atoms. The molecule has 1 amide bonds. The number of sulfonamides is 1. The molecule has 0 unspecified atom stereocenters. The number of anilines is 1. The molecule has 0 radical (unpaired) electrons. The van der Waals surface area contributed by atoms with Crippen LogP contribution < -0.4 is 10.1 Å². The predicted molar refractivity (Wildman–Crippen MR) is 120 cm³/mol. The smallest absolute Gasteiger partial charge is 0.322 e. The molecule has 3 rings (SSSR count). The highest BCUT2D eigenvalue weighted by Crippen LogP contribution is 2.24. The minimum atomic E-state index is -3.61. The van der Waals surface area contributed by atoms with Gasteiger partial charge >= 0.3 is 6.01 Å². The van der Waals surface area contributed by atoms with E-state index in [-0.39, 0.29) is 22.4 Å². The minimum absolute atomic E-state index is 0.0683. The van der Waals surface area contributed by atoms with E-state index in [0.29, 0.717) is 24.4 Å². The van der Waals surface area contributed by atoms with Gasteiger partial charge in [0.2, 0.25) is 15.9 Å². The first-order valence-electron chi connectivity index (χ1n) is 10.3. The Morgan fingerprint density at radius 3 is 2.53 bits per heavy atom. The lowest BCUT2D eigenvalue weighted by Crippen LogP contribution is -2.31.